The maximum Gasteiger partial charge on any atom is 0.336 e. The first-order valence-corrected chi connectivity index (χ1v) is 6.65. The first kappa shape index (κ1) is 14.1. The van der Waals surface area contributed by atoms with E-state index in [9.17, 15) is 4.79 Å². The number of hydrogen-bond acceptors (Lipinski definition) is 2. The second-order valence-electron chi connectivity index (χ2n) is 5.01. The minimum atomic E-state index is -0.894. The molecule has 2 N–H and O–H groups in total. The number of aromatic carboxylic acids is 1. The van der Waals surface area contributed by atoms with Crippen LogP contribution in [0.4, 0.5) is 5.69 Å². The van der Waals surface area contributed by atoms with Crippen molar-refractivity contribution in [2.75, 3.05) is 5.32 Å². The summed E-state index contributed by atoms with van der Waals surface area (Å²) in [7, 11) is 0. The Balaban J connectivity index is 2.29. The molecule has 20 heavy (non-hydrogen) atoms. The molecular formula is C17H19NO2. The third-order valence-corrected chi connectivity index (χ3v) is 3.59. The third-order valence-electron chi connectivity index (χ3n) is 3.59. The van der Waals surface area contributed by atoms with Gasteiger partial charge in [-0.1, -0.05) is 30.3 Å². The predicted molar refractivity (Wildman–Crippen MR) is 81.4 cm³/mol. The zero-order chi connectivity index (χ0) is 14.7. The lowest BCUT2D eigenvalue weighted by atomic mass is 10.0. The number of hydrogen-bond donors (Lipinski definition) is 2. The molecule has 2 aromatic carbocycles. The summed E-state index contributed by atoms with van der Waals surface area (Å²) in [4.78, 5) is 11.2. The molecule has 2 aromatic rings. The van der Waals surface area contributed by atoms with Crippen LogP contribution in [-0.4, -0.2) is 11.1 Å². The standard InChI is InChI=1S/C17H19NO2/c1-11-7-4-5-8-14(11)13(3)18-16-10-6-9-15(12(16)2)17(19)20/h4-10,13,18H,1-3H3,(H,19,20). The van der Waals surface area contributed by atoms with E-state index in [1.807, 2.05) is 25.1 Å². The van der Waals surface area contributed by atoms with Crippen molar-refractivity contribution in [1.82, 2.24) is 0 Å². The zero-order valence-electron chi connectivity index (χ0n) is 12.0. The van der Waals surface area contributed by atoms with Gasteiger partial charge in [0.15, 0.2) is 0 Å². The normalized spacial score (nSPS) is 11.9. The SMILES string of the molecule is Cc1ccccc1C(C)Nc1cccc(C(=O)O)c1C. The molecule has 2 rings (SSSR count). The van der Waals surface area contributed by atoms with Crippen LogP contribution in [0.1, 0.15) is 40.0 Å². The fourth-order valence-corrected chi connectivity index (χ4v) is 2.41. The Morgan fingerprint density at radius 2 is 1.80 bits per heavy atom. The second-order valence-corrected chi connectivity index (χ2v) is 5.01. The van der Waals surface area contributed by atoms with Gasteiger partial charge >= 0.3 is 5.97 Å². The molecule has 0 aromatic heterocycles. The highest BCUT2D eigenvalue weighted by Gasteiger charge is 2.13. The van der Waals surface area contributed by atoms with Crippen LogP contribution < -0.4 is 5.32 Å². The van der Waals surface area contributed by atoms with Gasteiger partial charge in [-0.3, -0.25) is 0 Å². The third kappa shape index (κ3) is 2.82. The van der Waals surface area contributed by atoms with Gasteiger partial charge in [0.1, 0.15) is 0 Å². The smallest absolute Gasteiger partial charge is 0.336 e. The highest BCUT2D eigenvalue weighted by molar-refractivity contribution is 5.91. The van der Waals surface area contributed by atoms with Crippen molar-refractivity contribution in [3.8, 4) is 0 Å². The Morgan fingerprint density at radius 1 is 1.10 bits per heavy atom. The molecule has 0 heterocycles. The quantitative estimate of drug-likeness (QED) is 0.875. The number of aryl methyl sites for hydroxylation is 1. The maximum atomic E-state index is 11.2. The van der Waals surface area contributed by atoms with Crippen molar-refractivity contribution < 1.29 is 9.90 Å². The Hall–Kier alpha value is -2.29. The van der Waals surface area contributed by atoms with E-state index in [0.29, 0.717) is 5.56 Å². The van der Waals surface area contributed by atoms with Gasteiger partial charge in [-0.15, -0.1) is 0 Å². The molecule has 0 fully saturated rings. The summed E-state index contributed by atoms with van der Waals surface area (Å²) < 4.78 is 0. The molecule has 104 valence electrons. The fourth-order valence-electron chi connectivity index (χ4n) is 2.41. The number of rotatable bonds is 4. The molecule has 0 saturated carbocycles. The van der Waals surface area contributed by atoms with Crippen LogP contribution in [-0.2, 0) is 0 Å². The number of benzene rings is 2. The largest absolute Gasteiger partial charge is 0.478 e. The van der Waals surface area contributed by atoms with Crippen molar-refractivity contribution in [2.45, 2.75) is 26.8 Å². The van der Waals surface area contributed by atoms with Crippen molar-refractivity contribution in [1.29, 1.82) is 0 Å². The monoisotopic (exact) mass is 269 g/mol. The van der Waals surface area contributed by atoms with Crippen molar-refractivity contribution >= 4 is 11.7 Å². The van der Waals surface area contributed by atoms with Gasteiger partial charge in [0.05, 0.1) is 5.56 Å². The van der Waals surface area contributed by atoms with Gasteiger partial charge in [-0.05, 0) is 49.6 Å². The molecule has 1 unspecified atom stereocenters. The lowest BCUT2D eigenvalue weighted by Gasteiger charge is -2.20. The molecule has 0 bridgehead atoms. The van der Waals surface area contributed by atoms with E-state index >= 15 is 0 Å². The summed E-state index contributed by atoms with van der Waals surface area (Å²) in [6, 6.07) is 13.6. The Bertz CT molecular complexity index is 635. The Kier molecular flexibility index (Phi) is 4.08. The highest BCUT2D eigenvalue weighted by atomic mass is 16.4. The van der Waals surface area contributed by atoms with E-state index in [0.717, 1.165) is 11.3 Å². The average molecular weight is 269 g/mol. The number of nitrogens with one attached hydrogen (secondary N) is 1. The first-order chi connectivity index (χ1) is 9.50. The van der Waals surface area contributed by atoms with Gasteiger partial charge in [-0.25, -0.2) is 4.79 Å². The molecule has 3 heteroatoms. The molecule has 0 spiro atoms. The number of carbonyl (C=O) groups is 1. The van der Waals surface area contributed by atoms with E-state index in [1.54, 1.807) is 12.1 Å². The van der Waals surface area contributed by atoms with Gasteiger partial charge in [0.2, 0.25) is 0 Å². The minimum absolute atomic E-state index is 0.124. The average Bonchev–Trinajstić information content (AvgIpc) is 2.41. The van der Waals surface area contributed by atoms with Crippen LogP contribution in [0.2, 0.25) is 0 Å². The van der Waals surface area contributed by atoms with E-state index in [2.05, 4.69) is 31.3 Å². The predicted octanol–water partition coefficient (Wildman–Crippen LogP) is 4.17. The van der Waals surface area contributed by atoms with Gasteiger partial charge in [0, 0.05) is 11.7 Å². The molecule has 0 aliphatic rings. The topological polar surface area (TPSA) is 49.3 Å². The molecule has 0 amide bonds. The van der Waals surface area contributed by atoms with Crippen LogP contribution in [0.15, 0.2) is 42.5 Å². The van der Waals surface area contributed by atoms with Gasteiger partial charge in [-0.2, -0.15) is 0 Å². The van der Waals surface area contributed by atoms with Crippen LogP contribution in [0.3, 0.4) is 0 Å². The summed E-state index contributed by atoms with van der Waals surface area (Å²) in [5.74, 6) is -0.894. The number of carboxylic acid groups (broad SMARTS) is 1. The molecule has 0 aliphatic carbocycles. The Morgan fingerprint density at radius 3 is 2.45 bits per heavy atom. The molecule has 1 atom stereocenters. The van der Waals surface area contributed by atoms with Crippen molar-refractivity contribution in [3.63, 3.8) is 0 Å². The lowest BCUT2D eigenvalue weighted by molar-refractivity contribution is 0.0696. The summed E-state index contributed by atoms with van der Waals surface area (Å²) in [6.07, 6.45) is 0. The van der Waals surface area contributed by atoms with E-state index in [-0.39, 0.29) is 6.04 Å². The maximum absolute atomic E-state index is 11.2. The summed E-state index contributed by atoms with van der Waals surface area (Å²) in [5, 5.41) is 12.6. The zero-order valence-corrected chi connectivity index (χ0v) is 12.0. The highest BCUT2D eigenvalue weighted by Crippen LogP contribution is 2.25. The van der Waals surface area contributed by atoms with Crippen molar-refractivity contribution in [2.24, 2.45) is 0 Å². The first-order valence-electron chi connectivity index (χ1n) is 6.65. The van der Waals surface area contributed by atoms with Crippen LogP contribution >= 0.6 is 0 Å². The molecule has 0 aliphatic heterocycles. The lowest BCUT2D eigenvalue weighted by Crippen LogP contribution is -2.10. The van der Waals surface area contributed by atoms with E-state index in [1.165, 1.54) is 11.1 Å². The second kappa shape index (κ2) is 5.78. The minimum Gasteiger partial charge on any atom is -0.478 e. The van der Waals surface area contributed by atoms with Gasteiger partial charge < -0.3 is 10.4 Å². The molecule has 0 radical (unpaired) electrons. The van der Waals surface area contributed by atoms with Gasteiger partial charge in [0.25, 0.3) is 0 Å². The number of anilines is 1. The summed E-state index contributed by atoms with van der Waals surface area (Å²) >= 11 is 0. The van der Waals surface area contributed by atoms with Crippen LogP contribution in [0.5, 0.6) is 0 Å². The molecule has 3 nitrogen and oxygen atoms in total. The van der Waals surface area contributed by atoms with Crippen molar-refractivity contribution in [3.05, 3.63) is 64.7 Å². The van der Waals surface area contributed by atoms with Crippen LogP contribution in [0, 0.1) is 13.8 Å². The van der Waals surface area contributed by atoms with E-state index in [4.69, 9.17) is 5.11 Å². The molecule has 0 saturated heterocycles. The van der Waals surface area contributed by atoms with Crippen LogP contribution in [0.25, 0.3) is 0 Å². The fraction of sp³-hybridized carbons (Fsp3) is 0.235. The summed E-state index contributed by atoms with van der Waals surface area (Å²) in [6.45, 7) is 5.99. The van der Waals surface area contributed by atoms with E-state index < -0.39 is 5.97 Å². The molecular weight excluding hydrogens is 250 g/mol. The Labute approximate surface area is 119 Å². The number of carboxylic acids is 1. The summed E-state index contributed by atoms with van der Waals surface area (Å²) in [5.41, 5.74) is 4.40.